The van der Waals surface area contributed by atoms with E-state index >= 15 is 0 Å². The van der Waals surface area contributed by atoms with Crippen LogP contribution in [0.2, 0.25) is 0 Å². The standard InChI is InChI=1S/C23H29N3O4S/c1-16-18(13-9-15-21(16)26(2)31(3,29)30)22(27)25-20-14-8-7-12-19(20)23(28)24-17-10-5-4-6-11-17/h7-9,12-15,17H,4-6,10-11H2,1-3H3,(H,24,28)(H,25,27). The van der Waals surface area contributed by atoms with E-state index in [1.165, 1.54) is 13.5 Å². The molecule has 1 saturated carbocycles. The molecule has 0 radical (unpaired) electrons. The molecule has 3 rings (SSSR count). The third-order valence-electron chi connectivity index (χ3n) is 5.75. The largest absolute Gasteiger partial charge is 0.349 e. The van der Waals surface area contributed by atoms with Crippen molar-refractivity contribution in [3.05, 3.63) is 59.2 Å². The number of carbonyl (C=O) groups is 2. The monoisotopic (exact) mass is 443 g/mol. The van der Waals surface area contributed by atoms with Gasteiger partial charge in [0.2, 0.25) is 10.0 Å². The Bertz CT molecular complexity index is 1080. The molecule has 1 fully saturated rings. The van der Waals surface area contributed by atoms with E-state index < -0.39 is 15.9 Å². The number of rotatable bonds is 6. The number of para-hydroxylation sites is 1. The molecule has 2 N–H and O–H groups in total. The van der Waals surface area contributed by atoms with Crippen LogP contribution in [-0.2, 0) is 10.0 Å². The molecule has 0 aliphatic heterocycles. The summed E-state index contributed by atoms with van der Waals surface area (Å²) in [6.07, 6.45) is 6.48. The average Bonchev–Trinajstić information content (AvgIpc) is 2.73. The minimum Gasteiger partial charge on any atom is -0.349 e. The van der Waals surface area contributed by atoms with Gasteiger partial charge in [0.1, 0.15) is 0 Å². The second-order valence-electron chi connectivity index (χ2n) is 7.99. The second kappa shape index (κ2) is 9.51. The Morgan fingerprint density at radius 3 is 2.26 bits per heavy atom. The van der Waals surface area contributed by atoms with Crippen molar-refractivity contribution >= 4 is 33.2 Å². The van der Waals surface area contributed by atoms with Gasteiger partial charge in [-0.25, -0.2) is 8.42 Å². The quantitative estimate of drug-likeness (QED) is 0.711. The highest BCUT2D eigenvalue weighted by atomic mass is 32.2. The SMILES string of the molecule is Cc1c(C(=O)Nc2ccccc2C(=O)NC2CCCCC2)cccc1N(C)S(C)(=O)=O. The van der Waals surface area contributed by atoms with Gasteiger partial charge in [-0.1, -0.05) is 37.5 Å². The summed E-state index contributed by atoms with van der Waals surface area (Å²) in [5, 5.41) is 5.90. The molecule has 0 saturated heterocycles. The molecule has 7 nitrogen and oxygen atoms in total. The summed E-state index contributed by atoms with van der Waals surface area (Å²) >= 11 is 0. The van der Waals surface area contributed by atoms with E-state index in [-0.39, 0.29) is 11.9 Å². The Morgan fingerprint density at radius 2 is 1.58 bits per heavy atom. The van der Waals surface area contributed by atoms with Crippen LogP contribution < -0.4 is 14.9 Å². The molecule has 0 spiro atoms. The first-order chi connectivity index (χ1) is 14.7. The van der Waals surface area contributed by atoms with Crippen LogP contribution in [0.3, 0.4) is 0 Å². The van der Waals surface area contributed by atoms with Crippen molar-refractivity contribution in [2.24, 2.45) is 0 Å². The third-order valence-corrected chi connectivity index (χ3v) is 6.94. The number of hydrogen-bond donors (Lipinski definition) is 2. The maximum Gasteiger partial charge on any atom is 0.256 e. The number of anilines is 2. The summed E-state index contributed by atoms with van der Waals surface area (Å²) in [6.45, 7) is 1.70. The van der Waals surface area contributed by atoms with Crippen molar-refractivity contribution in [3.63, 3.8) is 0 Å². The van der Waals surface area contributed by atoms with E-state index in [0.717, 1.165) is 36.2 Å². The van der Waals surface area contributed by atoms with Gasteiger partial charge in [0.15, 0.2) is 0 Å². The molecule has 0 atom stereocenters. The Hall–Kier alpha value is -2.87. The molecular formula is C23H29N3O4S. The van der Waals surface area contributed by atoms with Crippen LogP contribution >= 0.6 is 0 Å². The van der Waals surface area contributed by atoms with Gasteiger partial charge < -0.3 is 10.6 Å². The van der Waals surface area contributed by atoms with Crippen molar-refractivity contribution in [1.82, 2.24) is 5.32 Å². The lowest BCUT2D eigenvalue weighted by Gasteiger charge is -2.23. The van der Waals surface area contributed by atoms with Crippen LogP contribution in [0.15, 0.2) is 42.5 Å². The molecule has 0 unspecified atom stereocenters. The van der Waals surface area contributed by atoms with Gasteiger partial charge in [-0.15, -0.1) is 0 Å². The van der Waals surface area contributed by atoms with E-state index in [1.807, 2.05) is 0 Å². The summed E-state index contributed by atoms with van der Waals surface area (Å²) in [5.41, 5.74) is 2.14. The normalized spacial score (nSPS) is 14.7. The zero-order chi connectivity index (χ0) is 22.6. The average molecular weight is 444 g/mol. The summed E-state index contributed by atoms with van der Waals surface area (Å²) in [7, 11) is -2.01. The molecule has 0 heterocycles. The Labute approximate surface area is 183 Å². The van der Waals surface area contributed by atoms with Crippen molar-refractivity contribution in [2.45, 2.75) is 45.1 Å². The fourth-order valence-electron chi connectivity index (χ4n) is 3.88. The maximum atomic E-state index is 13.0. The van der Waals surface area contributed by atoms with Crippen molar-refractivity contribution in [2.75, 3.05) is 22.9 Å². The zero-order valence-electron chi connectivity index (χ0n) is 18.1. The summed E-state index contributed by atoms with van der Waals surface area (Å²) in [4.78, 5) is 25.9. The summed E-state index contributed by atoms with van der Waals surface area (Å²) < 4.78 is 25.0. The second-order valence-corrected chi connectivity index (χ2v) is 10.0. The molecule has 0 aromatic heterocycles. The van der Waals surface area contributed by atoms with Crippen LogP contribution in [-0.4, -0.2) is 39.6 Å². The van der Waals surface area contributed by atoms with Gasteiger partial charge in [0, 0.05) is 18.7 Å². The molecule has 1 aliphatic rings. The molecule has 2 aromatic rings. The van der Waals surface area contributed by atoms with E-state index in [2.05, 4.69) is 10.6 Å². The fraction of sp³-hybridized carbons (Fsp3) is 0.391. The molecular weight excluding hydrogens is 414 g/mol. The highest BCUT2D eigenvalue weighted by molar-refractivity contribution is 7.92. The lowest BCUT2D eigenvalue weighted by atomic mass is 9.95. The zero-order valence-corrected chi connectivity index (χ0v) is 19.0. The van der Waals surface area contributed by atoms with E-state index in [4.69, 9.17) is 0 Å². The molecule has 0 bridgehead atoms. The predicted molar refractivity (Wildman–Crippen MR) is 123 cm³/mol. The molecule has 2 aromatic carbocycles. The van der Waals surface area contributed by atoms with Crippen LogP contribution in [0, 0.1) is 6.92 Å². The van der Waals surface area contributed by atoms with Gasteiger partial charge in [-0.05, 0) is 49.6 Å². The number of carbonyl (C=O) groups excluding carboxylic acids is 2. The molecule has 2 amide bonds. The fourth-order valence-corrected chi connectivity index (χ4v) is 4.43. The minimum atomic E-state index is -3.46. The number of benzene rings is 2. The Morgan fingerprint density at radius 1 is 0.935 bits per heavy atom. The summed E-state index contributed by atoms with van der Waals surface area (Å²) in [5.74, 6) is -0.607. The van der Waals surface area contributed by atoms with Crippen LogP contribution in [0.25, 0.3) is 0 Å². The van der Waals surface area contributed by atoms with Gasteiger partial charge in [0.25, 0.3) is 11.8 Å². The van der Waals surface area contributed by atoms with E-state index in [9.17, 15) is 18.0 Å². The first kappa shape index (κ1) is 22.8. The third kappa shape index (κ3) is 5.44. The topological polar surface area (TPSA) is 95.6 Å². The molecule has 8 heteroatoms. The van der Waals surface area contributed by atoms with Gasteiger partial charge in [-0.2, -0.15) is 0 Å². The number of sulfonamides is 1. The lowest BCUT2D eigenvalue weighted by Crippen LogP contribution is -2.36. The molecule has 1 aliphatic carbocycles. The first-order valence-electron chi connectivity index (χ1n) is 10.4. The minimum absolute atomic E-state index is 0.162. The Kier molecular flexibility index (Phi) is 7.00. The molecule has 166 valence electrons. The number of nitrogens with one attached hydrogen (secondary N) is 2. The van der Waals surface area contributed by atoms with Crippen LogP contribution in [0.4, 0.5) is 11.4 Å². The highest BCUT2D eigenvalue weighted by Crippen LogP contribution is 2.26. The van der Waals surface area contributed by atoms with Crippen LogP contribution in [0.1, 0.15) is 58.4 Å². The number of amides is 2. The Balaban J connectivity index is 1.82. The van der Waals surface area contributed by atoms with Gasteiger partial charge in [0.05, 0.1) is 23.2 Å². The number of nitrogens with zero attached hydrogens (tertiary/aromatic N) is 1. The van der Waals surface area contributed by atoms with Crippen molar-refractivity contribution in [3.8, 4) is 0 Å². The molecule has 31 heavy (non-hydrogen) atoms. The van der Waals surface area contributed by atoms with E-state index in [1.54, 1.807) is 49.4 Å². The summed E-state index contributed by atoms with van der Waals surface area (Å²) in [6, 6.07) is 12.0. The van der Waals surface area contributed by atoms with Crippen molar-refractivity contribution in [1.29, 1.82) is 0 Å². The lowest BCUT2D eigenvalue weighted by molar-refractivity contribution is 0.0928. The van der Waals surface area contributed by atoms with Gasteiger partial charge in [-0.3, -0.25) is 13.9 Å². The predicted octanol–water partition coefficient (Wildman–Crippen LogP) is 3.71. The highest BCUT2D eigenvalue weighted by Gasteiger charge is 2.21. The van der Waals surface area contributed by atoms with E-state index in [0.29, 0.717) is 28.1 Å². The number of hydrogen-bond acceptors (Lipinski definition) is 4. The van der Waals surface area contributed by atoms with Crippen molar-refractivity contribution < 1.29 is 18.0 Å². The smallest absolute Gasteiger partial charge is 0.256 e. The maximum absolute atomic E-state index is 13.0. The van der Waals surface area contributed by atoms with Crippen LogP contribution in [0.5, 0.6) is 0 Å². The first-order valence-corrected chi connectivity index (χ1v) is 12.3. The van der Waals surface area contributed by atoms with Gasteiger partial charge >= 0.3 is 0 Å².